The number of allylic oxidation sites excluding steroid dienone is 2. The Hall–Kier alpha value is -1.24. The third-order valence-corrected chi connectivity index (χ3v) is 4.91. The van der Waals surface area contributed by atoms with Crippen molar-refractivity contribution >= 4 is 11.8 Å². The second kappa shape index (κ2) is 15.6. The van der Waals surface area contributed by atoms with Crippen molar-refractivity contribution in [2.45, 2.75) is 89.1 Å². The number of aliphatic carboxylic acids is 1. The van der Waals surface area contributed by atoms with Gasteiger partial charge in [-0.05, 0) is 38.5 Å². The van der Waals surface area contributed by atoms with Crippen LogP contribution in [0.25, 0.3) is 0 Å². The number of ketones is 1. The van der Waals surface area contributed by atoms with Crippen LogP contribution in [0, 0.1) is 0 Å². The Labute approximate surface area is 177 Å². The highest BCUT2D eigenvalue weighted by molar-refractivity contribution is 5.90. The van der Waals surface area contributed by atoms with E-state index in [1.54, 1.807) is 0 Å². The van der Waals surface area contributed by atoms with E-state index >= 15 is 0 Å². The molecule has 0 amide bonds. The Morgan fingerprint density at radius 2 is 1.34 bits per heavy atom. The molecule has 29 heavy (non-hydrogen) atoms. The van der Waals surface area contributed by atoms with Crippen LogP contribution >= 0.6 is 0 Å². The monoisotopic (exact) mass is 413 g/mol. The van der Waals surface area contributed by atoms with E-state index in [1.807, 2.05) is 21.1 Å². The minimum atomic E-state index is -1.85. The van der Waals surface area contributed by atoms with Crippen LogP contribution in [-0.2, 0) is 9.59 Å². The first-order valence-electron chi connectivity index (χ1n) is 11.1. The number of carboxylic acids is 1. The number of aliphatic hydroxyl groups is 2. The second-order valence-corrected chi connectivity index (χ2v) is 9.16. The van der Waals surface area contributed by atoms with Crippen LogP contribution in [0.2, 0.25) is 0 Å². The summed E-state index contributed by atoms with van der Waals surface area (Å²) in [6.07, 6.45) is 15.5. The van der Waals surface area contributed by atoms with Gasteiger partial charge in [0.2, 0.25) is 0 Å². The lowest BCUT2D eigenvalue weighted by molar-refractivity contribution is -0.875. The van der Waals surface area contributed by atoms with Crippen LogP contribution in [0.1, 0.15) is 83.5 Å². The van der Waals surface area contributed by atoms with E-state index < -0.39 is 23.8 Å². The first-order chi connectivity index (χ1) is 13.6. The highest BCUT2D eigenvalue weighted by Gasteiger charge is 2.40. The second-order valence-electron chi connectivity index (χ2n) is 9.16. The topological polar surface area (TPSA) is 97.7 Å². The van der Waals surface area contributed by atoms with Crippen LogP contribution in [0.3, 0.4) is 0 Å². The zero-order valence-corrected chi connectivity index (χ0v) is 18.8. The van der Waals surface area contributed by atoms with E-state index in [0.29, 0.717) is 17.5 Å². The van der Waals surface area contributed by atoms with Gasteiger partial charge < -0.3 is 24.6 Å². The van der Waals surface area contributed by atoms with E-state index in [4.69, 9.17) is 5.11 Å². The number of carbonyl (C=O) groups excluding carboxylic acids is 2. The third-order valence-electron chi connectivity index (χ3n) is 4.91. The van der Waals surface area contributed by atoms with Crippen molar-refractivity contribution in [3.8, 4) is 0 Å². The first kappa shape index (κ1) is 27.8. The van der Waals surface area contributed by atoms with Gasteiger partial charge in [0.25, 0.3) is 0 Å². The Kier molecular flexibility index (Phi) is 14.9. The fourth-order valence-corrected chi connectivity index (χ4v) is 3.54. The van der Waals surface area contributed by atoms with Crippen LogP contribution in [0.4, 0.5) is 0 Å². The minimum absolute atomic E-state index is 0.0631. The van der Waals surface area contributed by atoms with Gasteiger partial charge in [0, 0.05) is 25.4 Å². The molecule has 0 aliphatic carbocycles. The van der Waals surface area contributed by atoms with E-state index in [1.165, 1.54) is 12.8 Å². The maximum Gasteiger partial charge on any atom is 0.177 e. The van der Waals surface area contributed by atoms with Crippen LogP contribution in [0.5, 0.6) is 0 Å². The molecule has 0 radical (unpaired) electrons. The molecule has 6 heteroatoms. The SMILES string of the molecule is C[N+](C)(C)CC(O)(CC(=O)[O-])C(=O)CCCCCCC/C=C\CCCCCCO. The molecule has 1 atom stereocenters. The molecule has 0 aromatic carbocycles. The molecular weight excluding hydrogens is 370 g/mol. The summed E-state index contributed by atoms with van der Waals surface area (Å²) in [5.74, 6) is -1.79. The Morgan fingerprint density at radius 1 is 0.862 bits per heavy atom. The Balaban J connectivity index is 3.89. The molecule has 0 aromatic rings. The van der Waals surface area contributed by atoms with Crippen molar-refractivity contribution in [2.24, 2.45) is 0 Å². The molecule has 170 valence electrons. The molecule has 0 spiro atoms. The van der Waals surface area contributed by atoms with Gasteiger partial charge in [-0.25, -0.2) is 0 Å². The van der Waals surface area contributed by atoms with Gasteiger partial charge in [-0.3, -0.25) is 4.79 Å². The molecule has 0 saturated carbocycles. The van der Waals surface area contributed by atoms with Gasteiger partial charge in [-0.15, -0.1) is 0 Å². The molecule has 0 fully saturated rings. The standard InChI is InChI=1S/C23H43NO5/c1-24(2,3)20-23(29,19-22(27)28)21(26)17-15-13-11-9-7-5-4-6-8-10-12-14-16-18-25/h4,6,25,29H,5,7-20H2,1-3H3/b6-4-. The summed E-state index contributed by atoms with van der Waals surface area (Å²) >= 11 is 0. The lowest BCUT2D eigenvalue weighted by Gasteiger charge is -2.34. The largest absolute Gasteiger partial charge is 0.550 e. The molecule has 0 rings (SSSR count). The lowest BCUT2D eigenvalue weighted by atomic mass is 9.89. The average molecular weight is 414 g/mol. The van der Waals surface area contributed by atoms with Gasteiger partial charge in [0.15, 0.2) is 11.4 Å². The molecule has 0 aliphatic rings. The molecule has 0 bridgehead atoms. The summed E-state index contributed by atoms with van der Waals surface area (Å²) in [6, 6.07) is 0. The molecule has 6 nitrogen and oxygen atoms in total. The van der Waals surface area contributed by atoms with Crippen molar-refractivity contribution in [2.75, 3.05) is 34.3 Å². The van der Waals surface area contributed by atoms with Gasteiger partial charge in [-0.2, -0.15) is 0 Å². The number of carbonyl (C=O) groups is 2. The molecular formula is C23H43NO5. The van der Waals surface area contributed by atoms with Gasteiger partial charge >= 0.3 is 0 Å². The molecule has 0 aliphatic heterocycles. The zero-order valence-electron chi connectivity index (χ0n) is 18.8. The number of quaternary nitrogens is 1. The summed E-state index contributed by atoms with van der Waals surface area (Å²) in [7, 11) is 5.46. The maximum atomic E-state index is 12.4. The predicted octanol–water partition coefficient (Wildman–Crippen LogP) is 2.36. The molecule has 0 aromatic heterocycles. The number of hydrogen-bond acceptors (Lipinski definition) is 5. The quantitative estimate of drug-likeness (QED) is 0.192. The van der Waals surface area contributed by atoms with Gasteiger partial charge in [-0.1, -0.05) is 44.3 Å². The zero-order chi connectivity index (χ0) is 22.2. The number of aliphatic hydroxyl groups excluding tert-OH is 1. The maximum absolute atomic E-state index is 12.4. The summed E-state index contributed by atoms with van der Waals surface area (Å²) in [6.45, 7) is 0.356. The summed E-state index contributed by atoms with van der Waals surface area (Å²) in [4.78, 5) is 23.4. The third kappa shape index (κ3) is 16.3. The van der Waals surface area contributed by atoms with Crippen LogP contribution in [-0.4, -0.2) is 66.3 Å². The highest BCUT2D eigenvalue weighted by Crippen LogP contribution is 2.19. The molecule has 0 heterocycles. The molecule has 1 unspecified atom stereocenters. The number of hydrogen-bond donors (Lipinski definition) is 2. The molecule has 0 saturated heterocycles. The Bertz CT molecular complexity index is 484. The van der Waals surface area contributed by atoms with Gasteiger partial charge in [0.1, 0.15) is 6.54 Å². The normalized spacial score (nSPS) is 14.2. The summed E-state index contributed by atoms with van der Waals surface area (Å²) in [5.41, 5.74) is -1.85. The predicted molar refractivity (Wildman–Crippen MR) is 114 cm³/mol. The van der Waals surface area contributed by atoms with Crippen molar-refractivity contribution in [1.29, 1.82) is 0 Å². The van der Waals surface area contributed by atoms with Gasteiger partial charge in [0.05, 0.1) is 21.1 Å². The van der Waals surface area contributed by atoms with Crippen LogP contribution < -0.4 is 5.11 Å². The number of Topliss-reactive ketones (excluding diaryl/α,β-unsaturated/α-hetero) is 1. The van der Waals surface area contributed by atoms with Crippen LogP contribution in [0.15, 0.2) is 12.2 Å². The smallest absolute Gasteiger partial charge is 0.177 e. The van der Waals surface area contributed by atoms with E-state index in [0.717, 1.165) is 51.4 Å². The first-order valence-corrected chi connectivity index (χ1v) is 11.1. The van der Waals surface area contributed by atoms with E-state index in [9.17, 15) is 19.8 Å². The number of carboxylic acid groups (broad SMARTS) is 1. The summed E-state index contributed by atoms with van der Waals surface area (Å²) in [5, 5.41) is 30.3. The van der Waals surface area contributed by atoms with Crippen molar-refractivity contribution in [3.63, 3.8) is 0 Å². The van der Waals surface area contributed by atoms with E-state index in [2.05, 4.69) is 12.2 Å². The average Bonchev–Trinajstić information content (AvgIpc) is 2.59. The number of unbranched alkanes of at least 4 members (excludes halogenated alkanes) is 9. The highest BCUT2D eigenvalue weighted by atomic mass is 16.4. The number of rotatable bonds is 19. The molecule has 2 N–H and O–H groups in total. The van der Waals surface area contributed by atoms with Crippen molar-refractivity contribution < 1.29 is 29.4 Å². The fraction of sp³-hybridized carbons (Fsp3) is 0.826. The number of likely N-dealkylation sites (N-methyl/N-ethyl adjacent to an activating group) is 1. The minimum Gasteiger partial charge on any atom is -0.550 e. The van der Waals surface area contributed by atoms with E-state index in [-0.39, 0.29) is 13.0 Å². The van der Waals surface area contributed by atoms with Crippen molar-refractivity contribution in [1.82, 2.24) is 0 Å². The summed E-state index contributed by atoms with van der Waals surface area (Å²) < 4.78 is 0.311. The van der Waals surface area contributed by atoms with Crippen molar-refractivity contribution in [3.05, 3.63) is 12.2 Å². The Morgan fingerprint density at radius 3 is 1.83 bits per heavy atom. The number of nitrogens with zero attached hydrogens (tertiary/aromatic N) is 1. The fourth-order valence-electron chi connectivity index (χ4n) is 3.54. The lowest BCUT2D eigenvalue weighted by Crippen LogP contribution is -2.56.